The Hall–Kier alpha value is -2.91. The van der Waals surface area contributed by atoms with Crippen molar-refractivity contribution in [1.82, 2.24) is 10.0 Å². The van der Waals surface area contributed by atoms with Crippen LogP contribution in [0.2, 0.25) is 0 Å². The number of sulfonamides is 1. The van der Waals surface area contributed by atoms with Crippen LogP contribution in [-0.4, -0.2) is 40.0 Å². The Labute approximate surface area is 176 Å². The lowest BCUT2D eigenvalue weighted by molar-refractivity contribution is -0.119. The molecule has 1 aliphatic rings. The number of hydrogen-bond donors (Lipinski definition) is 3. The maximum absolute atomic E-state index is 12.1. The van der Waals surface area contributed by atoms with Crippen LogP contribution in [0.1, 0.15) is 24.8 Å². The molecular formula is C21H26N4O4S. The minimum absolute atomic E-state index is 0.0882. The SMILES string of the molecule is O=C(NCCNS(=O)(=O)Cc1ccccc1)Nc1cccc(N2CCCCC2=O)c1. The molecule has 1 fully saturated rings. The van der Waals surface area contributed by atoms with E-state index in [2.05, 4.69) is 15.4 Å². The van der Waals surface area contributed by atoms with E-state index in [0.717, 1.165) is 18.5 Å². The molecule has 0 aromatic heterocycles. The zero-order chi connectivity index (χ0) is 21.4. The summed E-state index contributed by atoms with van der Waals surface area (Å²) in [5.74, 6) is -0.0205. The van der Waals surface area contributed by atoms with Gasteiger partial charge in [-0.25, -0.2) is 17.9 Å². The molecule has 160 valence electrons. The van der Waals surface area contributed by atoms with Gasteiger partial charge in [0.25, 0.3) is 0 Å². The van der Waals surface area contributed by atoms with Gasteiger partial charge in [0.15, 0.2) is 0 Å². The average Bonchev–Trinajstić information content (AvgIpc) is 2.72. The van der Waals surface area contributed by atoms with Crippen LogP contribution >= 0.6 is 0 Å². The molecular weight excluding hydrogens is 404 g/mol. The number of amides is 3. The quantitative estimate of drug-likeness (QED) is 0.559. The molecule has 0 aliphatic carbocycles. The maximum atomic E-state index is 12.1. The number of carbonyl (C=O) groups excluding carboxylic acids is 2. The highest BCUT2D eigenvalue weighted by Gasteiger charge is 2.19. The molecule has 3 amide bonds. The van der Waals surface area contributed by atoms with Crippen LogP contribution in [-0.2, 0) is 20.6 Å². The Kier molecular flexibility index (Phi) is 7.42. The second-order valence-corrected chi connectivity index (χ2v) is 8.88. The van der Waals surface area contributed by atoms with E-state index in [-0.39, 0.29) is 24.7 Å². The van der Waals surface area contributed by atoms with E-state index in [1.54, 1.807) is 47.4 Å². The van der Waals surface area contributed by atoms with Crippen molar-refractivity contribution in [3.05, 3.63) is 60.2 Å². The molecule has 3 rings (SSSR count). The second kappa shape index (κ2) is 10.2. The van der Waals surface area contributed by atoms with Crippen LogP contribution in [0.3, 0.4) is 0 Å². The van der Waals surface area contributed by atoms with Crippen molar-refractivity contribution in [1.29, 1.82) is 0 Å². The molecule has 1 saturated heterocycles. The predicted octanol–water partition coefficient (Wildman–Crippen LogP) is 2.44. The van der Waals surface area contributed by atoms with Gasteiger partial charge in [-0.05, 0) is 36.6 Å². The number of piperidine rings is 1. The van der Waals surface area contributed by atoms with Gasteiger partial charge in [-0.15, -0.1) is 0 Å². The van der Waals surface area contributed by atoms with Crippen LogP contribution in [0.4, 0.5) is 16.2 Å². The van der Waals surface area contributed by atoms with E-state index in [4.69, 9.17) is 0 Å². The van der Waals surface area contributed by atoms with E-state index in [9.17, 15) is 18.0 Å². The molecule has 2 aromatic carbocycles. The first-order chi connectivity index (χ1) is 14.4. The molecule has 8 nitrogen and oxygen atoms in total. The van der Waals surface area contributed by atoms with E-state index in [0.29, 0.717) is 24.2 Å². The van der Waals surface area contributed by atoms with Crippen LogP contribution in [0.5, 0.6) is 0 Å². The van der Waals surface area contributed by atoms with Crippen LogP contribution in [0.15, 0.2) is 54.6 Å². The van der Waals surface area contributed by atoms with Crippen molar-refractivity contribution in [3.63, 3.8) is 0 Å². The van der Waals surface area contributed by atoms with Crippen molar-refractivity contribution in [3.8, 4) is 0 Å². The van der Waals surface area contributed by atoms with Crippen molar-refractivity contribution in [2.24, 2.45) is 0 Å². The molecule has 2 aromatic rings. The molecule has 9 heteroatoms. The summed E-state index contributed by atoms with van der Waals surface area (Å²) >= 11 is 0. The van der Waals surface area contributed by atoms with Gasteiger partial charge in [0.05, 0.1) is 5.75 Å². The molecule has 1 aliphatic heterocycles. The summed E-state index contributed by atoms with van der Waals surface area (Å²) in [5, 5.41) is 5.33. The monoisotopic (exact) mass is 430 g/mol. The summed E-state index contributed by atoms with van der Waals surface area (Å²) in [4.78, 5) is 25.9. The summed E-state index contributed by atoms with van der Waals surface area (Å²) in [7, 11) is -3.47. The third kappa shape index (κ3) is 6.57. The van der Waals surface area contributed by atoms with Gasteiger partial charge in [0.2, 0.25) is 15.9 Å². The Morgan fingerprint density at radius 1 is 1.00 bits per heavy atom. The number of anilines is 2. The topological polar surface area (TPSA) is 108 Å². The highest BCUT2D eigenvalue weighted by Crippen LogP contribution is 2.23. The summed E-state index contributed by atoms with van der Waals surface area (Å²) < 4.78 is 26.6. The number of nitrogens with one attached hydrogen (secondary N) is 3. The molecule has 0 spiro atoms. The minimum Gasteiger partial charge on any atom is -0.337 e. The van der Waals surface area contributed by atoms with Gasteiger partial charge >= 0.3 is 6.03 Å². The zero-order valence-corrected chi connectivity index (χ0v) is 17.5. The Bertz CT molecular complexity index is 980. The zero-order valence-electron chi connectivity index (χ0n) is 16.6. The third-order valence-electron chi connectivity index (χ3n) is 4.67. The number of urea groups is 1. The fourth-order valence-corrected chi connectivity index (χ4v) is 4.38. The van der Waals surface area contributed by atoms with Gasteiger partial charge in [0, 0.05) is 37.4 Å². The normalized spacial score (nSPS) is 14.4. The fourth-order valence-electron chi connectivity index (χ4n) is 3.23. The van der Waals surface area contributed by atoms with E-state index in [1.807, 2.05) is 12.1 Å². The lowest BCUT2D eigenvalue weighted by Crippen LogP contribution is -2.37. The van der Waals surface area contributed by atoms with Gasteiger partial charge in [-0.3, -0.25) is 4.79 Å². The highest BCUT2D eigenvalue weighted by molar-refractivity contribution is 7.88. The van der Waals surface area contributed by atoms with Gasteiger partial charge in [0.1, 0.15) is 0 Å². The van der Waals surface area contributed by atoms with Crippen molar-refractivity contribution < 1.29 is 18.0 Å². The molecule has 0 atom stereocenters. The number of nitrogens with zero attached hydrogens (tertiary/aromatic N) is 1. The summed E-state index contributed by atoms with van der Waals surface area (Å²) in [6.45, 7) is 0.909. The number of benzene rings is 2. The van der Waals surface area contributed by atoms with E-state index < -0.39 is 16.1 Å². The second-order valence-electron chi connectivity index (χ2n) is 7.07. The molecule has 30 heavy (non-hydrogen) atoms. The number of rotatable bonds is 8. The molecule has 0 unspecified atom stereocenters. The predicted molar refractivity (Wildman–Crippen MR) is 117 cm³/mol. The van der Waals surface area contributed by atoms with E-state index >= 15 is 0 Å². The van der Waals surface area contributed by atoms with Crippen LogP contribution in [0, 0.1) is 0 Å². The largest absolute Gasteiger partial charge is 0.337 e. The number of carbonyl (C=O) groups is 2. The van der Waals surface area contributed by atoms with Crippen molar-refractivity contribution in [2.45, 2.75) is 25.0 Å². The standard InChI is InChI=1S/C21H26N4O4S/c26-20-11-4-5-14-25(20)19-10-6-9-18(15-19)24-21(27)22-12-13-23-30(28,29)16-17-7-2-1-3-8-17/h1-3,6-10,15,23H,4-5,11-14,16H2,(H2,22,24,27). The fraction of sp³-hybridized carbons (Fsp3) is 0.333. The molecule has 3 N–H and O–H groups in total. The number of hydrogen-bond acceptors (Lipinski definition) is 4. The summed E-state index contributed by atoms with van der Waals surface area (Å²) in [6.07, 6.45) is 2.41. The Balaban J connectivity index is 1.43. The van der Waals surface area contributed by atoms with Crippen molar-refractivity contribution in [2.75, 3.05) is 29.9 Å². The third-order valence-corrected chi connectivity index (χ3v) is 6.03. The van der Waals surface area contributed by atoms with Crippen LogP contribution in [0.25, 0.3) is 0 Å². The van der Waals surface area contributed by atoms with Gasteiger partial charge in [-0.1, -0.05) is 36.4 Å². The molecule has 1 heterocycles. The lowest BCUT2D eigenvalue weighted by atomic mass is 10.1. The van der Waals surface area contributed by atoms with E-state index in [1.165, 1.54) is 0 Å². The molecule has 0 saturated carbocycles. The van der Waals surface area contributed by atoms with Gasteiger partial charge < -0.3 is 15.5 Å². The maximum Gasteiger partial charge on any atom is 0.319 e. The smallest absolute Gasteiger partial charge is 0.319 e. The van der Waals surface area contributed by atoms with Crippen LogP contribution < -0.4 is 20.3 Å². The molecule has 0 bridgehead atoms. The van der Waals surface area contributed by atoms with Gasteiger partial charge in [-0.2, -0.15) is 0 Å². The highest BCUT2D eigenvalue weighted by atomic mass is 32.2. The first-order valence-electron chi connectivity index (χ1n) is 9.89. The first-order valence-corrected chi connectivity index (χ1v) is 11.5. The van der Waals surface area contributed by atoms with Crippen molar-refractivity contribution >= 4 is 33.3 Å². The minimum atomic E-state index is -3.47. The Morgan fingerprint density at radius 3 is 2.57 bits per heavy atom. The molecule has 0 radical (unpaired) electrons. The first kappa shape index (κ1) is 21.8. The lowest BCUT2D eigenvalue weighted by Gasteiger charge is -2.27. The summed E-state index contributed by atoms with van der Waals surface area (Å²) in [5.41, 5.74) is 2.02. The average molecular weight is 431 g/mol. The Morgan fingerprint density at radius 2 is 1.80 bits per heavy atom. The summed E-state index contributed by atoms with van der Waals surface area (Å²) in [6, 6.07) is 15.6.